The molecule has 7 nitrogen and oxygen atoms in total. The number of benzene rings is 2. The van der Waals surface area contributed by atoms with Gasteiger partial charge in [0.05, 0.1) is 23.6 Å². The first-order valence-corrected chi connectivity index (χ1v) is 12.0. The number of ether oxygens (including phenoxy) is 1. The number of sulfonamides is 1. The fourth-order valence-corrected chi connectivity index (χ4v) is 3.79. The van der Waals surface area contributed by atoms with E-state index in [9.17, 15) is 13.7 Å². The van der Waals surface area contributed by atoms with Gasteiger partial charge in [0.1, 0.15) is 12.4 Å². The van der Waals surface area contributed by atoms with E-state index in [4.69, 9.17) is 16.3 Å². The maximum atomic E-state index is 11.3. The summed E-state index contributed by atoms with van der Waals surface area (Å²) in [5.74, 6) is 0.639. The van der Waals surface area contributed by atoms with Crippen molar-refractivity contribution in [3.8, 4) is 11.8 Å². The van der Waals surface area contributed by atoms with Crippen molar-refractivity contribution in [2.45, 2.75) is 32.8 Å². The molecular weight excluding hydrogens is 448 g/mol. The lowest BCUT2D eigenvalue weighted by Crippen LogP contribution is -2.19. The molecular formula is C23H23ClN4O3S. The second-order valence-corrected chi connectivity index (χ2v) is 10.1. The first kappa shape index (κ1) is 23.5. The number of nitriles is 1. The molecule has 1 N–H and O–H groups in total. The second kappa shape index (κ2) is 9.15. The molecule has 1 aromatic heterocycles. The Morgan fingerprint density at radius 1 is 1.16 bits per heavy atom. The Hall–Kier alpha value is -3.15. The predicted octanol–water partition coefficient (Wildman–Crippen LogP) is 4.59. The van der Waals surface area contributed by atoms with Crippen LogP contribution in [-0.4, -0.2) is 24.6 Å². The summed E-state index contributed by atoms with van der Waals surface area (Å²) in [6, 6.07) is 15.3. The lowest BCUT2D eigenvalue weighted by Gasteiger charge is -2.27. The van der Waals surface area contributed by atoms with Gasteiger partial charge in [0.15, 0.2) is 0 Å². The summed E-state index contributed by atoms with van der Waals surface area (Å²) >= 11 is 6.34. The lowest BCUT2D eigenvalue weighted by atomic mass is 9.77. The molecule has 0 aliphatic carbocycles. The molecule has 0 atom stereocenters. The first-order valence-electron chi connectivity index (χ1n) is 9.73. The summed E-state index contributed by atoms with van der Waals surface area (Å²) in [4.78, 5) is 8.02. The van der Waals surface area contributed by atoms with Gasteiger partial charge >= 0.3 is 0 Å². The summed E-state index contributed by atoms with van der Waals surface area (Å²) in [6.07, 6.45) is 2.50. The van der Waals surface area contributed by atoms with Gasteiger partial charge in [-0.05, 0) is 53.9 Å². The van der Waals surface area contributed by atoms with Crippen LogP contribution in [0.25, 0.3) is 0 Å². The van der Waals surface area contributed by atoms with E-state index in [1.54, 1.807) is 6.07 Å². The van der Waals surface area contributed by atoms with Crippen LogP contribution in [0.15, 0.2) is 48.7 Å². The monoisotopic (exact) mass is 470 g/mol. The molecule has 9 heteroatoms. The van der Waals surface area contributed by atoms with Crippen LogP contribution in [0.5, 0.6) is 5.75 Å². The summed E-state index contributed by atoms with van der Waals surface area (Å²) in [5.41, 5.74) is 3.49. The largest absolute Gasteiger partial charge is 0.487 e. The van der Waals surface area contributed by atoms with E-state index in [1.807, 2.05) is 43.3 Å². The van der Waals surface area contributed by atoms with Gasteiger partial charge in [-0.2, -0.15) is 5.26 Å². The molecule has 3 rings (SSSR count). The minimum absolute atomic E-state index is 0.000746. The van der Waals surface area contributed by atoms with E-state index >= 15 is 0 Å². The minimum Gasteiger partial charge on any atom is -0.487 e. The Balaban J connectivity index is 1.75. The number of hydrogen-bond donors (Lipinski definition) is 1. The Bertz CT molecular complexity index is 1280. The molecule has 32 heavy (non-hydrogen) atoms. The van der Waals surface area contributed by atoms with Gasteiger partial charge in [-0.25, -0.2) is 18.4 Å². The SMILES string of the molecule is Cc1c(Cl)cc(C(C)(C)c2ccc(OCc3ccnc(NS(C)(=O)=O)n3)cc2)cc1C#N. The van der Waals surface area contributed by atoms with Gasteiger partial charge in [-0.15, -0.1) is 0 Å². The zero-order valence-electron chi connectivity index (χ0n) is 18.2. The number of halogens is 1. The molecule has 0 aliphatic rings. The summed E-state index contributed by atoms with van der Waals surface area (Å²) < 4.78 is 30.7. The third-order valence-corrected chi connectivity index (χ3v) is 6.09. The number of nitrogens with one attached hydrogen (secondary N) is 1. The number of rotatable bonds is 7. The summed E-state index contributed by atoms with van der Waals surface area (Å²) in [7, 11) is -3.45. The van der Waals surface area contributed by atoms with Crippen LogP contribution in [0.2, 0.25) is 5.02 Å². The Kier molecular flexibility index (Phi) is 6.72. The molecule has 0 radical (unpaired) electrons. The maximum Gasteiger partial charge on any atom is 0.236 e. The summed E-state index contributed by atoms with van der Waals surface area (Å²) in [6.45, 7) is 6.13. The molecule has 0 amide bonds. The lowest BCUT2D eigenvalue weighted by molar-refractivity contribution is 0.301. The van der Waals surface area contributed by atoms with E-state index < -0.39 is 10.0 Å². The van der Waals surface area contributed by atoms with Crippen LogP contribution in [0.3, 0.4) is 0 Å². The normalized spacial score (nSPS) is 11.6. The highest BCUT2D eigenvalue weighted by Gasteiger charge is 2.25. The third kappa shape index (κ3) is 5.55. The van der Waals surface area contributed by atoms with Crippen molar-refractivity contribution in [3.05, 3.63) is 81.6 Å². The molecule has 0 spiro atoms. The Morgan fingerprint density at radius 2 is 1.84 bits per heavy atom. The van der Waals surface area contributed by atoms with Crippen LogP contribution >= 0.6 is 11.6 Å². The highest BCUT2D eigenvalue weighted by atomic mass is 35.5. The number of hydrogen-bond acceptors (Lipinski definition) is 6. The van der Waals surface area contributed by atoms with Crippen molar-refractivity contribution in [3.63, 3.8) is 0 Å². The van der Waals surface area contributed by atoms with Gasteiger partial charge < -0.3 is 4.74 Å². The Labute approximate surface area is 193 Å². The standard InChI is InChI=1S/C23H23ClN4O3S/c1-15-16(13-25)11-18(12-21(15)24)23(2,3)17-5-7-20(8-6-17)31-14-19-9-10-26-22(27-19)28-32(4,29)30/h5-12H,14H2,1-4H3,(H,26,27,28). The van der Waals surface area contributed by atoms with Crippen LogP contribution in [0.4, 0.5) is 5.95 Å². The first-order chi connectivity index (χ1) is 15.0. The second-order valence-electron chi connectivity index (χ2n) is 7.93. The third-order valence-electron chi connectivity index (χ3n) is 5.14. The van der Waals surface area contributed by atoms with E-state index in [2.05, 4.69) is 34.6 Å². The van der Waals surface area contributed by atoms with Crippen LogP contribution in [-0.2, 0) is 22.0 Å². The fraction of sp³-hybridized carbons (Fsp3) is 0.261. The van der Waals surface area contributed by atoms with E-state index in [-0.39, 0.29) is 18.0 Å². The molecule has 0 saturated carbocycles. The summed E-state index contributed by atoms with van der Waals surface area (Å²) in [5, 5.41) is 9.97. The molecule has 2 aromatic carbocycles. The predicted molar refractivity (Wildman–Crippen MR) is 124 cm³/mol. The maximum absolute atomic E-state index is 11.3. The smallest absolute Gasteiger partial charge is 0.236 e. The van der Waals surface area contributed by atoms with Crippen LogP contribution in [0.1, 0.15) is 41.8 Å². The average Bonchev–Trinajstić information content (AvgIpc) is 2.73. The molecule has 0 aliphatic heterocycles. The fourth-order valence-electron chi connectivity index (χ4n) is 3.14. The average molecular weight is 471 g/mol. The highest BCUT2D eigenvalue weighted by molar-refractivity contribution is 7.91. The van der Waals surface area contributed by atoms with E-state index in [1.165, 1.54) is 6.20 Å². The quantitative estimate of drug-likeness (QED) is 0.541. The van der Waals surface area contributed by atoms with Crippen molar-refractivity contribution >= 4 is 27.6 Å². The topological polar surface area (TPSA) is 105 Å². The van der Waals surface area contributed by atoms with Gasteiger partial charge in [-0.3, -0.25) is 4.72 Å². The van der Waals surface area contributed by atoms with Crippen LogP contribution < -0.4 is 9.46 Å². The van der Waals surface area contributed by atoms with Crippen molar-refractivity contribution in [1.82, 2.24) is 9.97 Å². The highest BCUT2D eigenvalue weighted by Crippen LogP contribution is 2.35. The number of nitrogens with zero attached hydrogens (tertiary/aromatic N) is 3. The molecule has 0 saturated heterocycles. The van der Waals surface area contributed by atoms with Crippen molar-refractivity contribution < 1.29 is 13.2 Å². The van der Waals surface area contributed by atoms with Gasteiger partial charge in [0.25, 0.3) is 0 Å². The van der Waals surface area contributed by atoms with Crippen LogP contribution in [0, 0.1) is 18.3 Å². The van der Waals surface area contributed by atoms with Crippen molar-refractivity contribution in [2.24, 2.45) is 0 Å². The van der Waals surface area contributed by atoms with E-state index in [0.717, 1.165) is 22.9 Å². The van der Waals surface area contributed by atoms with Crippen molar-refractivity contribution in [1.29, 1.82) is 5.26 Å². The molecule has 0 bridgehead atoms. The van der Waals surface area contributed by atoms with Gasteiger partial charge in [-0.1, -0.05) is 37.6 Å². The Morgan fingerprint density at radius 3 is 2.47 bits per heavy atom. The minimum atomic E-state index is -3.45. The number of aromatic nitrogens is 2. The molecule has 1 heterocycles. The van der Waals surface area contributed by atoms with Crippen molar-refractivity contribution in [2.75, 3.05) is 11.0 Å². The molecule has 166 valence electrons. The number of anilines is 1. The zero-order valence-corrected chi connectivity index (χ0v) is 19.8. The molecule has 0 unspecified atom stereocenters. The molecule has 3 aromatic rings. The molecule has 0 fully saturated rings. The zero-order chi connectivity index (χ0) is 23.5. The van der Waals surface area contributed by atoms with Gasteiger partial charge in [0, 0.05) is 16.6 Å². The van der Waals surface area contributed by atoms with Gasteiger partial charge in [0.2, 0.25) is 16.0 Å². The van der Waals surface area contributed by atoms with E-state index in [0.29, 0.717) is 22.0 Å².